The summed E-state index contributed by atoms with van der Waals surface area (Å²) in [5, 5.41) is 0. The van der Waals surface area contributed by atoms with Gasteiger partial charge in [0.1, 0.15) is 0 Å². The van der Waals surface area contributed by atoms with Crippen molar-refractivity contribution in [1.82, 2.24) is 0 Å². The molecule has 0 bridgehead atoms. The molecule has 0 atom stereocenters. The highest BCUT2D eigenvalue weighted by Gasteiger charge is 1.95. The predicted octanol–water partition coefficient (Wildman–Crippen LogP) is 6.45. The minimum atomic E-state index is 1.13. The van der Waals surface area contributed by atoms with Gasteiger partial charge in [0.05, 0.1) is 0 Å². The number of rotatable bonds is 7. The zero-order valence-electron chi connectivity index (χ0n) is 12.8. The smallest absolute Gasteiger partial charge is 0.0305 e. The SMILES string of the molecule is CC.C\C=C/C(CC)=C(/C=C/CCCC)CC. The maximum Gasteiger partial charge on any atom is -0.0305 e. The predicted molar refractivity (Wildman–Crippen MR) is 82.4 cm³/mol. The van der Waals surface area contributed by atoms with Crippen molar-refractivity contribution >= 4 is 0 Å². The van der Waals surface area contributed by atoms with Crippen LogP contribution in [0.4, 0.5) is 0 Å². The first-order valence-electron chi connectivity index (χ1n) is 7.31. The number of hydrogen-bond donors (Lipinski definition) is 0. The number of allylic oxidation sites excluding steroid dienone is 6. The third-order valence-corrected chi connectivity index (χ3v) is 2.59. The molecule has 0 saturated carbocycles. The maximum absolute atomic E-state index is 2.32. The lowest BCUT2D eigenvalue weighted by molar-refractivity contribution is 0.814. The third kappa shape index (κ3) is 10.1. The lowest BCUT2D eigenvalue weighted by Gasteiger charge is -2.04. The molecule has 0 unspecified atom stereocenters. The van der Waals surface area contributed by atoms with Crippen molar-refractivity contribution in [3.05, 3.63) is 35.5 Å². The lowest BCUT2D eigenvalue weighted by atomic mass is 10.0. The van der Waals surface area contributed by atoms with Crippen LogP contribution in [0.25, 0.3) is 0 Å². The first-order chi connectivity index (χ1) is 8.29. The van der Waals surface area contributed by atoms with Gasteiger partial charge in [-0.25, -0.2) is 0 Å². The molecule has 0 fully saturated rings. The van der Waals surface area contributed by atoms with Gasteiger partial charge in [0.2, 0.25) is 0 Å². The van der Waals surface area contributed by atoms with Gasteiger partial charge in [-0.2, -0.15) is 0 Å². The molecule has 100 valence electrons. The summed E-state index contributed by atoms with van der Waals surface area (Å²) < 4.78 is 0. The molecule has 0 aromatic heterocycles. The molecular formula is C17H32. The summed E-state index contributed by atoms with van der Waals surface area (Å²) in [4.78, 5) is 0. The van der Waals surface area contributed by atoms with Crippen molar-refractivity contribution in [3.8, 4) is 0 Å². The first kappa shape index (κ1) is 18.6. The second kappa shape index (κ2) is 15.2. The third-order valence-electron chi connectivity index (χ3n) is 2.59. The molecule has 0 spiro atoms. The van der Waals surface area contributed by atoms with Crippen LogP contribution in [0.3, 0.4) is 0 Å². The Balaban J connectivity index is 0. The van der Waals surface area contributed by atoms with Gasteiger partial charge in [0, 0.05) is 0 Å². The van der Waals surface area contributed by atoms with Gasteiger partial charge in [-0.3, -0.25) is 0 Å². The average molecular weight is 236 g/mol. The molecule has 0 aliphatic carbocycles. The van der Waals surface area contributed by atoms with Crippen LogP contribution in [0.1, 0.15) is 73.6 Å². The van der Waals surface area contributed by atoms with E-state index in [-0.39, 0.29) is 0 Å². The van der Waals surface area contributed by atoms with E-state index >= 15 is 0 Å². The van der Waals surface area contributed by atoms with Crippen molar-refractivity contribution < 1.29 is 0 Å². The second-order valence-corrected chi connectivity index (χ2v) is 3.80. The summed E-state index contributed by atoms with van der Waals surface area (Å²) >= 11 is 0. The lowest BCUT2D eigenvalue weighted by Crippen LogP contribution is -1.84. The van der Waals surface area contributed by atoms with Crippen molar-refractivity contribution in [3.63, 3.8) is 0 Å². The van der Waals surface area contributed by atoms with E-state index in [9.17, 15) is 0 Å². The van der Waals surface area contributed by atoms with Crippen molar-refractivity contribution in [2.75, 3.05) is 0 Å². The number of unbranched alkanes of at least 4 members (excludes halogenated alkanes) is 2. The molecule has 0 heterocycles. The number of hydrogen-bond acceptors (Lipinski definition) is 0. The van der Waals surface area contributed by atoms with Crippen LogP contribution >= 0.6 is 0 Å². The molecule has 0 aliphatic rings. The second-order valence-electron chi connectivity index (χ2n) is 3.80. The molecule has 0 rings (SSSR count). The van der Waals surface area contributed by atoms with Crippen LogP contribution < -0.4 is 0 Å². The average Bonchev–Trinajstić information content (AvgIpc) is 2.39. The van der Waals surface area contributed by atoms with Crippen LogP contribution in [0.2, 0.25) is 0 Å². The van der Waals surface area contributed by atoms with Crippen LogP contribution in [0.5, 0.6) is 0 Å². The van der Waals surface area contributed by atoms with Crippen LogP contribution in [0, 0.1) is 0 Å². The minimum absolute atomic E-state index is 1.13. The minimum Gasteiger partial charge on any atom is -0.0874 e. The van der Waals surface area contributed by atoms with Crippen LogP contribution in [-0.4, -0.2) is 0 Å². The molecule has 0 saturated heterocycles. The quantitative estimate of drug-likeness (QED) is 0.352. The molecule has 0 nitrogen and oxygen atoms in total. The van der Waals surface area contributed by atoms with Crippen LogP contribution in [0.15, 0.2) is 35.5 Å². The highest BCUT2D eigenvalue weighted by Crippen LogP contribution is 2.15. The van der Waals surface area contributed by atoms with E-state index in [0.29, 0.717) is 0 Å². The van der Waals surface area contributed by atoms with Crippen molar-refractivity contribution in [2.45, 2.75) is 73.6 Å². The van der Waals surface area contributed by atoms with Crippen molar-refractivity contribution in [1.29, 1.82) is 0 Å². The summed E-state index contributed by atoms with van der Waals surface area (Å²) in [7, 11) is 0. The van der Waals surface area contributed by atoms with Gasteiger partial charge in [-0.15, -0.1) is 0 Å². The molecule has 0 heteroatoms. The summed E-state index contributed by atoms with van der Waals surface area (Å²) in [6, 6.07) is 0. The van der Waals surface area contributed by atoms with E-state index in [4.69, 9.17) is 0 Å². The summed E-state index contributed by atoms with van der Waals surface area (Å²) in [6.07, 6.45) is 15.1. The first-order valence-corrected chi connectivity index (χ1v) is 7.31. The molecule has 0 amide bonds. The Hall–Kier alpha value is -0.780. The molecule has 0 aromatic carbocycles. The standard InChI is InChI=1S/C15H26.C2H6/c1-5-9-10-11-13-15(8-4)14(7-3)12-6-2;1-2/h6,11-13H,5,7-10H2,1-4H3;1-2H3/b12-6-,13-11+,15-14+;. The van der Waals surface area contributed by atoms with Crippen molar-refractivity contribution in [2.24, 2.45) is 0 Å². The normalized spacial score (nSPS) is 12.6. The summed E-state index contributed by atoms with van der Waals surface area (Å²) in [6.45, 7) is 12.8. The summed E-state index contributed by atoms with van der Waals surface area (Å²) in [5.41, 5.74) is 2.97. The van der Waals surface area contributed by atoms with E-state index in [1.54, 1.807) is 0 Å². The van der Waals surface area contributed by atoms with E-state index in [0.717, 1.165) is 12.8 Å². The Kier molecular flexibility index (Phi) is 16.6. The topological polar surface area (TPSA) is 0 Å². The Labute approximate surface area is 110 Å². The Morgan fingerprint density at radius 1 is 0.882 bits per heavy atom. The van der Waals surface area contributed by atoms with E-state index < -0.39 is 0 Å². The highest BCUT2D eigenvalue weighted by atomic mass is 14.0. The zero-order valence-corrected chi connectivity index (χ0v) is 12.8. The van der Waals surface area contributed by atoms with Gasteiger partial charge < -0.3 is 0 Å². The van der Waals surface area contributed by atoms with Gasteiger partial charge in [0.15, 0.2) is 0 Å². The van der Waals surface area contributed by atoms with Gasteiger partial charge in [-0.1, -0.05) is 71.8 Å². The largest absolute Gasteiger partial charge is 0.0874 e. The Bertz CT molecular complexity index is 228. The zero-order chi connectivity index (χ0) is 13.5. The molecule has 0 aliphatic heterocycles. The monoisotopic (exact) mass is 236 g/mol. The Morgan fingerprint density at radius 2 is 1.41 bits per heavy atom. The Morgan fingerprint density at radius 3 is 1.82 bits per heavy atom. The van der Waals surface area contributed by atoms with Crippen LogP contribution in [-0.2, 0) is 0 Å². The highest BCUT2D eigenvalue weighted by molar-refractivity contribution is 5.32. The molecule has 0 N–H and O–H groups in total. The molecule has 0 aromatic rings. The summed E-state index contributed by atoms with van der Waals surface area (Å²) in [5.74, 6) is 0. The molecule has 0 radical (unpaired) electrons. The molecule has 17 heavy (non-hydrogen) atoms. The van der Waals surface area contributed by atoms with E-state index in [1.807, 2.05) is 13.8 Å². The fourth-order valence-electron chi connectivity index (χ4n) is 1.65. The van der Waals surface area contributed by atoms with Gasteiger partial charge in [-0.05, 0) is 37.3 Å². The fraction of sp³-hybridized carbons (Fsp3) is 0.647. The van der Waals surface area contributed by atoms with E-state index in [2.05, 4.69) is 52.0 Å². The van der Waals surface area contributed by atoms with Gasteiger partial charge in [0.25, 0.3) is 0 Å². The molecular weight excluding hydrogens is 204 g/mol. The fourth-order valence-corrected chi connectivity index (χ4v) is 1.65. The maximum atomic E-state index is 2.32. The van der Waals surface area contributed by atoms with Gasteiger partial charge >= 0.3 is 0 Å². The van der Waals surface area contributed by atoms with E-state index in [1.165, 1.54) is 30.4 Å².